The Morgan fingerprint density at radius 3 is 2.70 bits per heavy atom. The molecular weight excluding hydrogens is 268 g/mol. The first-order chi connectivity index (χ1) is 9.74. The number of aryl methyl sites for hydroxylation is 1. The average molecular weight is 290 g/mol. The van der Waals surface area contributed by atoms with E-state index >= 15 is 0 Å². The molecule has 1 saturated heterocycles. The van der Waals surface area contributed by atoms with Gasteiger partial charge in [-0.1, -0.05) is 0 Å². The molecule has 1 fully saturated rings. The van der Waals surface area contributed by atoms with Crippen molar-refractivity contribution < 1.29 is 0 Å². The molecule has 20 heavy (non-hydrogen) atoms. The van der Waals surface area contributed by atoms with E-state index in [1.807, 2.05) is 12.4 Å². The van der Waals surface area contributed by atoms with Crippen molar-refractivity contribution in [3.8, 4) is 0 Å². The quantitative estimate of drug-likeness (QED) is 0.864. The first-order valence-electron chi connectivity index (χ1n) is 7.19. The van der Waals surface area contributed by atoms with E-state index in [1.165, 1.54) is 5.56 Å². The fourth-order valence-corrected chi connectivity index (χ4v) is 3.53. The number of rotatable bonds is 4. The highest BCUT2D eigenvalue weighted by Gasteiger charge is 2.22. The van der Waals surface area contributed by atoms with Crippen molar-refractivity contribution in [2.75, 3.05) is 26.2 Å². The maximum atomic E-state index is 4.41. The van der Waals surface area contributed by atoms with Crippen LogP contribution in [0, 0.1) is 0 Å². The summed E-state index contributed by atoms with van der Waals surface area (Å²) in [4.78, 5) is 9.49. The zero-order chi connectivity index (χ0) is 13.9. The maximum absolute atomic E-state index is 4.41. The summed E-state index contributed by atoms with van der Waals surface area (Å²) in [5.74, 6) is 1.16. The summed E-state index contributed by atoms with van der Waals surface area (Å²) in [6.07, 6.45) is 3.90. The summed E-state index contributed by atoms with van der Waals surface area (Å²) in [5.41, 5.74) is 1.45. The molecule has 0 aromatic carbocycles. The number of aromatic nitrogens is 2. The zero-order valence-electron chi connectivity index (χ0n) is 12.2. The van der Waals surface area contributed by atoms with Gasteiger partial charge < -0.3 is 4.57 Å². The van der Waals surface area contributed by atoms with Crippen LogP contribution in [0.5, 0.6) is 0 Å². The number of thiophene rings is 1. The largest absolute Gasteiger partial charge is 0.337 e. The molecule has 108 valence electrons. The number of hydrogen-bond donors (Lipinski definition) is 0. The minimum Gasteiger partial charge on any atom is -0.337 e. The van der Waals surface area contributed by atoms with Gasteiger partial charge in [-0.05, 0) is 29.3 Å². The first kappa shape index (κ1) is 13.8. The van der Waals surface area contributed by atoms with Crippen molar-refractivity contribution >= 4 is 11.3 Å². The lowest BCUT2D eigenvalue weighted by Crippen LogP contribution is -2.46. The van der Waals surface area contributed by atoms with Crippen molar-refractivity contribution in [1.82, 2.24) is 19.4 Å². The molecule has 0 radical (unpaired) electrons. The van der Waals surface area contributed by atoms with Gasteiger partial charge in [0.1, 0.15) is 5.82 Å². The second kappa shape index (κ2) is 6.08. The SMILES string of the molecule is C[C@@H](c1ccsc1)N1CCN(Cc2nccn2C)CC1. The average Bonchev–Trinajstić information content (AvgIpc) is 3.12. The third kappa shape index (κ3) is 2.95. The molecule has 0 saturated carbocycles. The highest BCUT2D eigenvalue weighted by molar-refractivity contribution is 7.07. The second-order valence-corrected chi connectivity index (χ2v) is 6.28. The van der Waals surface area contributed by atoms with Crippen LogP contribution in [-0.4, -0.2) is 45.5 Å². The van der Waals surface area contributed by atoms with Crippen LogP contribution < -0.4 is 0 Å². The molecule has 0 unspecified atom stereocenters. The number of hydrogen-bond acceptors (Lipinski definition) is 4. The van der Waals surface area contributed by atoms with Crippen LogP contribution in [0.25, 0.3) is 0 Å². The van der Waals surface area contributed by atoms with Gasteiger partial charge in [0.15, 0.2) is 0 Å². The monoisotopic (exact) mass is 290 g/mol. The smallest absolute Gasteiger partial charge is 0.122 e. The van der Waals surface area contributed by atoms with E-state index in [2.05, 4.69) is 50.1 Å². The molecule has 0 spiro atoms. The van der Waals surface area contributed by atoms with E-state index in [9.17, 15) is 0 Å². The van der Waals surface area contributed by atoms with Gasteiger partial charge in [-0.15, -0.1) is 0 Å². The minimum absolute atomic E-state index is 0.538. The normalized spacial score (nSPS) is 19.3. The summed E-state index contributed by atoms with van der Waals surface area (Å²) in [6.45, 7) is 7.81. The van der Waals surface area contributed by atoms with Crippen molar-refractivity contribution in [3.05, 3.63) is 40.6 Å². The van der Waals surface area contributed by atoms with Gasteiger partial charge in [-0.25, -0.2) is 4.98 Å². The fraction of sp³-hybridized carbons (Fsp3) is 0.533. The predicted octanol–water partition coefficient (Wildman–Crippen LogP) is 2.36. The molecule has 4 nitrogen and oxygen atoms in total. The van der Waals surface area contributed by atoms with Crippen molar-refractivity contribution in [3.63, 3.8) is 0 Å². The zero-order valence-corrected chi connectivity index (χ0v) is 13.0. The molecule has 0 bridgehead atoms. The number of nitrogens with zero attached hydrogens (tertiary/aromatic N) is 4. The van der Waals surface area contributed by atoms with Gasteiger partial charge >= 0.3 is 0 Å². The van der Waals surface area contributed by atoms with Gasteiger partial charge in [-0.2, -0.15) is 11.3 Å². The summed E-state index contributed by atoms with van der Waals surface area (Å²) in [7, 11) is 2.07. The Balaban J connectivity index is 1.53. The van der Waals surface area contributed by atoms with E-state index in [0.29, 0.717) is 6.04 Å². The maximum Gasteiger partial charge on any atom is 0.122 e. The van der Waals surface area contributed by atoms with E-state index in [-0.39, 0.29) is 0 Å². The summed E-state index contributed by atoms with van der Waals surface area (Å²) in [5, 5.41) is 4.44. The molecule has 0 amide bonds. The van der Waals surface area contributed by atoms with Gasteiger partial charge in [0.2, 0.25) is 0 Å². The van der Waals surface area contributed by atoms with Crippen molar-refractivity contribution in [1.29, 1.82) is 0 Å². The van der Waals surface area contributed by atoms with Gasteiger partial charge in [0.25, 0.3) is 0 Å². The van der Waals surface area contributed by atoms with Crippen LogP contribution in [0.15, 0.2) is 29.2 Å². The van der Waals surface area contributed by atoms with Crippen LogP contribution in [0.1, 0.15) is 24.4 Å². The molecule has 5 heteroatoms. The molecule has 2 aromatic rings. The lowest BCUT2D eigenvalue weighted by Gasteiger charge is -2.37. The first-order valence-corrected chi connectivity index (χ1v) is 8.13. The van der Waals surface area contributed by atoms with Gasteiger partial charge in [0, 0.05) is 51.7 Å². The molecule has 3 rings (SSSR count). The molecule has 1 aliphatic rings. The van der Waals surface area contributed by atoms with E-state index in [4.69, 9.17) is 0 Å². The minimum atomic E-state index is 0.538. The van der Waals surface area contributed by atoms with Crippen LogP contribution in [0.4, 0.5) is 0 Å². The Morgan fingerprint density at radius 2 is 2.10 bits per heavy atom. The van der Waals surface area contributed by atoms with Crippen LogP contribution in [0.3, 0.4) is 0 Å². The van der Waals surface area contributed by atoms with E-state index in [0.717, 1.165) is 38.5 Å². The highest BCUT2D eigenvalue weighted by atomic mass is 32.1. The van der Waals surface area contributed by atoms with Crippen LogP contribution in [0.2, 0.25) is 0 Å². The molecular formula is C15H22N4S. The topological polar surface area (TPSA) is 24.3 Å². The van der Waals surface area contributed by atoms with E-state index < -0.39 is 0 Å². The third-order valence-electron chi connectivity index (χ3n) is 4.27. The molecule has 1 atom stereocenters. The lowest BCUT2D eigenvalue weighted by atomic mass is 10.1. The van der Waals surface area contributed by atoms with Crippen LogP contribution >= 0.6 is 11.3 Å². The molecule has 2 aromatic heterocycles. The standard InChI is InChI=1S/C15H22N4S/c1-13(14-3-10-20-12-14)19-8-6-18(7-9-19)11-15-16-4-5-17(15)2/h3-5,10,12-13H,6-9,11H2,1-2H3/t13-/m0/s1. The Kier molecular flexibility index (Phi) is 4.19. The highest BCUT2D eigenvalue weighted by Crippen LogP contribution is 2.23. The molecule has 0 aliphatic carbocycles. The third-order valence-corrected chi connectivity index (χ3v) is 4.97. The Labute approximate surface area is 124 Å². The summed E-state index contributed by atoms with van der Waals surface area (Å²) < 4.78 is 2.11. The van der Waals surface area contributed by atoms with Gasteiger partial charge in [0.05, 0.1) is 6.54 Å². The Morgan fingerprint density at radius 1 is 1.30 bits per heavy atom. The molecule has 3 heterocycles. The van der Waals surface area contributed by atoms with Crippen molar-refractivity contribution in [2.45, 2.75) is 19.5 Å². The summed E-state index contributed by atoms with van der Waals surface area (Å²) >= 11 is 1.79. The van der Waals surface area contributed by atoms with E-state index in [1.54, 1.807) is 11.3 Å². The number of imidazole rings is 1. The molecule has 0 N–H and O–H groups in total. The lowest BCUT2D eigenvalue weighted by molar-refractivity contribution is 0.0958. The van der Waals surface area contributed by atoms with Crippen molar-refractivity contribution in [2.24, 2.45) is 7.05 Å². The van der Waals surface area contributed by atoms with Gasteiger partial charge in [-0.3, -0.25) is 9.80 Å². The number of piperazine rings is 1. The summed E-state index contributed by atoms with van der Waals surface area (Å²) in [6, 6.07) is 2.78. The van der Waals surface area contributed by atoms with Crippen LogP contribution in [-0.2, 0) is 13.6 Å². The second-order valence-electron chi connectivity index (χ2n) is 5.50. The Bertz CT molecular complexity index is 526. The Hall–Kier alpha value is -1.17. The fourth-order valence-electron chi connectivity index (χ4n) is 2.78. The molecule has 1 aliphatic heterocycles. The predicted molar refractivity (Wildman–Crippen MR) is 82.8 cm³/mol.